The summed E-state index contributed by atoms with van der Waals surface area (Å²) in [5, 5.41) is 11.4. The average molecular weight is 471 g/mol. The van der Waals surface area contributed by atoms with Crippen molar-refractivity contribution in [3.63, 3.8) is 0 Å². The van der Waals surface area contributed by atoms with Gasteiger partial charge in [-0.25, -0.2) is 4.98 Å². The van der Waals surface area contributed by atoms with E-state index in [9.17, 15) is 23.1 Å². The van der Waals surface area contributed by atoms with Gasteiger partial charge >= 0.3 is 6.18 Å². The number of benzene rings is 1. The number of halogens is 3. The topological polar surface area (TPSA) is 75.5 Å². The number of aliphatic hydroxyl groups is 1. The van der Waals surface area contributed by atoms with Gasteiger partial charge in [-0.15, -0.1) is 0 Å². The highest BCUT2D eigenvalue weighted by molar-refractivity contribution is 6.04. The van der Waals surface area contributed by atoms with Gasteiger partial charge in [0, 0.05) is 41.5 Å². The molecule has 34 heavy (non-hydrogen) atoms. The summed E-state index contributed by atoms with van der Waals surface area (Å²) in [4.78, 5) is 23.7. The molecule has 1 aliphatic carbocycles. The molecule has 0 spiro atoms. The molecule has 1 aliphatic heterocycles. The van der Waals surface area contributed by atoms with Gasteiger partial charge in [-0.1, -0.05) is 25.0 Å². The van der Waals surface area contributed by atoms with Gasteiger partial charge in [-0.05, 0) is 42.5 Å². The molecule has 6 nitrogen and oxygen atoms in total. The maximum Gasteiger partial charge on any atom is 0.422 e. The zero-order valence-electron chi connectivity index (χ0n) is 18.4. The number of pyridine rings is 2. The second-order valence-corrected chi connectivity index (χ2v) is 8.90. The minimum atomic E-state index is -4.43. The molecule has 1 amide bonds. The lowest BCUT2D eigenvalue weighted by molar-refractivity contribution is -0.154. The van der Waals surface area contributed by atoms with E-state index in [-0.39, 0.29) is 17.8 Å². The second-order valence-electron chi connectivity index (χ2n) is 8.90. The predicted molar refractivity (Wildman–Crippen MR) is 118 cm³/mol. The fraction of sp³-hybridized carbons (Fsp3) is 0.400. The lowest BCUT2D eigenvalue weighted by atomic mass is 9.91. The monoisotopic (exact) mass is 471 g/mol. The first-order valence-corrected chi connectivity index (χ1v) is 11.3. The van der Waals surface area contributed by atoms with Gasteiger partial charge in [0.05, 0.1) is 17.7 Å². The Labute approximate surface area is 194 Å². The van der Waals surface area contributed by atoms with Crippen LogP contribution in [0.2, 0.25) is 0 Å². The Bertz CT molecular complexity index is 1210. The molecule has 2 aliphatic rings. The average Bonchev–Trinajstić information content (AvgIpc) is 3.15. The summed E-state index contributed by atoms with van der Waals surface area (Å²) in [6, 6.07) is 8.56. The fourth-order valence-corrected chi connectivity index (χ4v) is 4.97. The molecule has 2 atom stereocenters. The fourth-order valence-electron chi connectivity index (χ4n) is 4.97. The molecule has 5 rings (SSSR count). The minimum Gasteiger partial charge on any atom is -0.468 e. The number of aromatic nitrogens is 2. The summed E-state index contributed by atoms with van der Waals surface area (Å²) in [6.07, 6.45) is 2.10. The van der Waals surface area contributed by atoms with Crippen molar-refractivity contribution in [3.8, 4) is 5.88 Å². The first kappa shape index (κ1) is 22.6. The maximum atomic E-state index is 13.4. The summed E-state index contributed by atoms with van der Waals surface area (Å²) in [6.45, 7) is -0.967. The number of hydrogen-bond donors (Lipinski definition) is 1. The Hall–Kier alpha value is -3.20. The minimum absolute atomic E-state index is 0.0937. The van der Waals surface area contributed by atoms with E-state index in [1.807, 2.05) is 18.2 Å². The summed E-state index contributed by atoms with van der Waals surface area (Å²) in [5.41, 5.74) is 3.88. The molecule has 2 aromatic heterocycles. The smallest absolute Gasteiger partial charge is 0.422 e. The van der Waals surface area contributed by atoms with Crippen LogP contribution in [-0.4, -0.2) is 50.8 Å². The largest absolute Gasteiger partial charge is 0.468 e. The Kier molecular flexibility index (Phi) is 5.89. The van der Waals surface area contributed by atoms with Crippen molar-refractivity contribution in [1.29, 1.82) is 0 Å². The third-order valence-corrected chi connectivity index (χ3v) is 6.57. The summed E-state index contributed by atoms with van der Waals surface area (Å²) >= 11 is 0. The first-order valence-electron chi connectivity index (χ1n) is 11.3. The Balaban J connectivity index is 1.43. The van der Waals surface area contributed by atoms with Crippen LogP contribution in [0.25, 0.3) is 10.9 Å². The van der Waals surface area contributed by atoms with Gasteiger partial charge in [-0.3, -0.25) is 9.78 Å². The molecular formula is C25H24F3N3O3. The quantitative estimate of drug-likeness (QED) is 0.596. The number of ether oxygens (including phenoxy) is 1. The van der Waals surface area contributed by atoms with Crippen LogP contribution in [0.5, 0.6) is 5.88 Å². The highest BCUT2D eigenvalue weighted by Crippen LogP contribution is 2.36. The van der Waals surface area contributed by atoms with Crippen LogP contribution in [0.1, 0.15) is 52.7 Å². The molecule has 0 bridgehead atoms. The number of hydrogen-bond acceptors (Lipinski definition) is 5. The van der Waals surface area contributed by atoms with Gasteiger partial charge in [0.25, 0.3) is 5.91 Å². The molecule has 178 valence electrons. The SMILES string of the molecule is O=C1c2cc(Cc3ccc(OCC(F)(F)F)nc3)c3cccnc3c2CN1C1CCCCC1O. The summed E-state index contributed by atoms with van der Waals surface area (Å²) in [7, 11) is 0. The molecule has 9 heteroatoms. The Morgan fingerprint density at radius 3 is 2.71 bits per heavy atom. The number of fused-ring (bicyclic) bond motifs is 3. The number of rotatable bonds is 5. The molecule has 1 fully saturated rings. The van der Waals surface area contributed by atoms with Crippen LogP contribution in [0.3, 0.4) is 0 Å². The van der Waals surface area contributed by atoms with E-state index in [0.717, 1.165) is 46.9 Å². The van der Waals surface area contributed by atoms with Crippen molar-refractivity contribution in [2.45, 2.75) is 57.0 Å². The van der Waals surface area contributed by atoms with E-state index in [1.165, 1.54) is 12.3 Å². The van der Waals surface area contributed by atoms with Crippen molar-refractivity contribution in [2.75, 3.05) is 6.61 Å². The van der Waals surface area contributed by atoms with E-state index in [0.29, 0.717) is 24.9 Å². The van der Waals surface area contributed by atoms with E-state index < -0.39 is 18.9 Å². The molecule has 0 saturated heterocycles. The number of carbonyl (C=O) groups is 1. The maximum absolute atomic E-state index is 13.4. The van der Waals surface area contributed by atoms with Crippen LogP contribution >= 0.6 is 0 Å². The molecule has 1 aromatic carbocycles. The molecular weight excluding hydrogens is 447 g/mol. The van der Waals surface area contributed by atoms with Crippen LogP contribution in [0.15, 0.2) is 42.7 Å². The number of amides is 1. The lowest BCUT2D eigenvalue weighted by Crippen LogP contribution is -2.45. The third-order valence-electron chi connectivity index (χ3n) is 6.57. The predicted octanol–water partition coefficient (Wildman–Crippen LogP) is 4.42. The van der Waals surface area contributed by atoms with Crippen molar-refractivity contribution < 1.29 is 27.8 Å². The van der Waals surface area contributed by atoms with E-state index in [2.05, 4.69) is 14.7 Å². The summed E-state index contributed by atoms with van der Waals surface area (Å²) in [5.74, 6) is -0.192. The van der Waals surface area contributed by atoms with Gasteiger partial charge in [0.1, 0.15) is 0 Å². The Morgan fingerprint density at radius 1 is 1.15 bits per heavy atom. The van der Waals surface area contributed by atoms with Gasteiger partial charge in [0.15, 0.2) is 6.61 Å². The zero-order chi connectivity index (χ0) is 23.9. The van der Waals surface area contributed by atoms with Gasteiger partial charge in [0.2, 0.25) is 5.88 Å². The lowest BCUT2D eigenvalue weighted by Gasteiger charge is -2.35. The molecule has 1 saturated carbocycles. The van der Waals surface area contributed by atoms with Crippen LogP contribution < -0.4 is 4.74 Å². The highest BCUT2D eigenvalue weighted by Gasteiger charge is 2.38. The Morgan fingerprint density at radius 2 is 1.97 bits per heavy atom. The number of carbonyl (C=O) groups excluding carboxylic acids is 1. The zero-order valence-corrected chi connectivity index (χ0v) is 18.4. The number of aliphatic hydroxyl groups excluding tert-OH is 1. The standard InChI is InChI=1S/C25H24F3N3O3/c26-25(27,28)14-34-22-8-7-15(12-30-22)10-16-11-18-19(23-17(16)4-3-9-29-23)13-31(24(18)33)20-5-1-2-6-21(20)32/h3-4,7-9,11-12,20-21,32H,1-2,5-6,10,13-14H2. The second kappa shape index (κ2) is 8.87. The van der Waals surface area contributed by atoms with Crippen molar-refractivity contribution in [3.05, 3.63) is 65.0 Å². The van der Waals surface area contributed by atoms with E-state index in [1.54, 1.807) is 17.2 Å². The number of nitrogens with zero attached hydrogens (tertiary/aromatic N) is 3. The van der Waals surface area contributed by atoms with Crippen LogP contribution in [0, 0.1) is 0 Å². The molecule has 2 unspecified atom stereocenters. The normalized spacial score (nSPS) is 20.6. The molecule has 0 radical (unpaired) electrons. The van der Waals surface area contributed by atoms with Crippen LogP contribution in [-0.2, 0) is 13.0 Å². The van der Waals surface area contributed by atoms with Gasteiger partial charge < -0.3 is 14.7 Å². The van der Waals surface area contributed by atoms with Crippen molar-refractivity contribution in [2.24, 2.45) is 0 Å². The third kappa shape index (κ3) is 4.44. The first-order chi connectivity index (χ1) is 16.3. The highest BCUT2D eigenvalue weighted by atomic mass is 19.4. The van der Waals surface area contributed by atoms with Crippen LogP contribution in [0.4, 0.5) is 13.2 Å². The molecule has 1 N–H and O–H groups in total. The van der Waals surface area contributed by atoms with Crippen molar-refractivity contribution in [1.82, 2.24) is 14.9 Å². The van der Waals surface area contributed by atoms with Gasteiger partial charge in [-0.2, -0.15) is 13.2 Å². The van der Waals surface area contributed by atoms with E-state index in [4.69, 9.17) is 0 Å². The van der Waals surface area contributed by atoms with E-state index >= 15 is 0 Å². The summed E-state index contributed by atoms with van der Waals surface area (Å²) < 4.78 is 41.8. The van der Waals surface area contributed by atoms with Crippen molar-refractivity contribution >= 4 is 16.8 Å². The molecule has 3 aromatic rings. The molecule has 3 heterocycles. The number of alkyl halides is 3.